The first kappa shape index (κ1) is 10.8. The number of ketones is 1. The topological polar surface area (TPSA) is 42.0 Å². The van der Waals surface area contributed by atoms with Gasteiger partial charge in [0.05, 0.1) is 6.42 Å². The third kappa shape index (κ3) is 2.86. The summed E-state index contributed by atoms with van der Waals surface area (Å²) in [5, 5.41) is 6.23. The first-order chi connectivity index (χ1) is 7.25. The van der Waals surface area contributed by atoms with Gasteiger partial charge in [-0.25, -0.2) is 4.98 Å². The van der Waals surface area contributed by atoms with Crippen LogP contribution in [-0.2, 0) is 11.2 Å². The Morgan fingerprint density at radius 3 is 3.20 bits per heavy atom. The van der Waals surface area contributed by atoms with Crippen molar-refractivity contribution in [2.75, 3.05) is 13.1 Å². The minimum absolute atomic E-state index is 0.211. The van der Waals surface area contributed by atoms with Crippen LogP contribution < -0.4 is 5.32 Å². The smallest absolute Gasteiger partial charge is 0.144 e. The number of hydrogen-bond acceptors (Lipinski definition) is 4. The summed E-state index contributed by atoms with van der Waals surface area (Å²) in [4.78, 5) is 16.2. The predicted molar refractivity (Wildman–Crippen MR) is 61.2 cm³/mol. The van der Waals surface area contributed by atoms with Crippen molar-refractivity contribution in [2.24, 2.45) is 5.92 Å². The summed E-state index contributed by atoms with van der Waals surface area (Å²) in [5.74, 6) is 0.555. The molecule has 0 spiro atoms. The quantitative estimate of drug-likeness (QED) is 0.847. The van der Waals surface area contributed by atoms with Gasteiger partial charge >= 0.3 is 0 Å². The number of nitrogens with one attached hydrogen (secondary N) is 1. The lowest BCUT2D eigenvalue weighted by Gasteiger charge is -2.20. The molecule has 0 amide bonds. The van der Waals surface area contributed by atoms with Gasteiger partial charge in [-0.05, 0) is 26.3 Å². The van der Waals surface area contributed by atoms with E-state index in [1.807, 2.05) is 12.3 Å². The van der Waals surface area contributed by atoms with Gasteiger partial charge in [0.1, 0.15) is 10.8 Å². The van der Waals surface area contributed by atoms with Crippen molar-refractivity contribution in [3.8, 4) is 0 Å². The van der Waals surface area contributed by atoms with Gasteiger partial charge in [-0.2, -0.15) is 0 Å². The average molecular weight is 224 g/mol. The number of aromatic nitrogens is 1. The zero-order valence-electron chi connectivity index (χ0n) is 8.95. The summed E-state index contributed by atoms with van der Waals surface area (Å²) in [6.45, 7) is 3.87. The highest BCUT2D eigenvalue weighted by Gasteiger charge is 2.21. The highest BCUT2D eigenvalue weighted by atomic mass is 32.1. The lowest BCUT2D eigenvalue weighted by Crippen LogP contribution is -2.35. The number of rotatable bonds is 3. The number of aryl methyl sites for hydroxylation is 1. The molecule has 0 aliphatic carbocycles. The molecule has 1 aromatic heterocycles. The first-order valence-electron chi connectivity index (χ1n) is 5.40. The molecule has 1 fully saturated rings. The molecule has 1 saturated heterocycles. The number of piperidine rings is 1. The van der Waals surface area contributed by atoms with Crippen molar-refractivity contribution in [3.05, 3.63) is 16.1 Å². The van der Waals surface area contributed by atoms with Gasteiger partial charge in [0.15, 0.2) is 0 Å². The molecule has 0 bridgehead atoms. The molecular formula is C11H16N2OS. The van der Waals surface area contributed by atoms with Crippen LogP contribution in [0.1, 0.15) is 23.5 Å². The van der Waals surface area contributed by atoms with Crippen LogP contribution in [0.15, 0.2) is 5.38 Å². The highest BCUT2D eigenvalue weighted by Crippen LogP contribution is 2.16. The van der Waals surface area contributed by atoms with E-state index in [0.717, 1.165) is 36.6 Å². The van der Waals surface area contributed by atoms with Crippen molar-refractivity contribution in [1.82, 2.24) is 10.3 Å². The van der Waals surface area contributed by atoms with E-state index in [-0.39, 0.29) is 5.92 Å². The number of nitrogens with zero attached hydrogens (tertiary/aromatic N) is 1. The van der Waals surface area contributed by atoms with Crippen molar-refractivity contribution >= 4 is 17.1 Å². The van der Waals surface area contributed by atoms with E-state index in [4.69, 9.17) is 0 Å². The van der Waals surface area contributed by atoms with Gasteiger partial charge in [-0.15, -0.1) is 11.3 Å². The van der Waals surface area contributed by atoms with Gasteiger partial charge < -0.3 is 5.32 Å². The van der Waals surface area contributed by atoms with E-state index in [2.05, 4.69) is 10.3 Å². The maximum absolute atomic E-state index is 11.9. The fraction of sp³-hybridized carbons (Fsp3) is 0.636. The second-order valence-corrected chi connectivity index (χ2v) is 5.01. The Morgan fingerprint density at radius 1 is 1.73 bits per heavy atom. The van der Waals surface area contributed by atoms with Gasteiger partial charge in [-0.3, -0.25) is 4.79 Å². The maximum atomic E-state index is 11.9. The normalized spacial score (nSPS) is 21.5. The Labute approximate surface area is 93.9 Å². The van der Waals surface area contributed by atoms with Crippen molar-refractivity contribution < 1.29 is 4.79 Å². The van der Waals surface area contributed by atoms with Crippen LogP contribution in [0.25, 0.3) is 0 Å². The molecule has 1 aromatic rings. The molecule has 15 heavy (non-hydrogen) atoms. The number of Topliss-reactive ketones (excluding diaryl/α,β-unsaturated/α-hetero) is 1. The SMILES string of the molecule is Cc1csc(CC(=O)C2CCCNC2)n1. The molecule has 0 radical (unpaired) electrons. The summed E-state index contributed by atoms with van der Waals surface area (Å²) < 4.78 is 0. The summed E-state index contributed by atoms with van der Waals surface area (Å²) in [6, 6.07) is 0. The third-order valence-electron chi connectivity index (χ3n) is 2.74. The molecule has 3 nitrogen and oxygen atoms in total. The largest absolute Gasteiger partial charge is 0.316 e. The van der Waals surface area contributed by atoms with E-state index < -0.39 is 0 Å². The van der Waals surface area contributed by atoms with Gasteiger partial charge in [0.25, 0.3) is 0 Å². The van der Waals surface area contributed by atoms with Gasteiger partial charge in [-0.1, -0.05) is 0 Å². The van der Waals surface area contributed by atoms with Crippen molar-refractivity contribution in [2.45, 2.75) is 26.2 Å². The highest BCUT2D eigenvalue weighted by molar-refractivity contribution is 7.09. The fourth-order valence-electron chi connectivity index (χ4n) is 1.90. The number of carbonyl (C=O) groups is 1. The van der Waals surface area contributed by atoms with Crippen LogP contribution in [-0.4, -0.2) is 23.9 Å². The van der Waals surface area contributed by atoms with Crippen LogP contribution in [0, 0.1) is 12.8 Å². The second-order valence-electron chi connectivity index (χ2n) is 4.07. The predicted octanol–water partition coefficient (Wildman–Crippen LogP) is 1.56. The molecule has 1 atom stereocenters. The minimum atomic E-state index is 0.211. The molecule has 82 valence electrons. The van der Waals surface area contributed by atoms with Crippen LogP contribution in [0.2, 0.25) is 0 Å². The van der Waals surface area contributed by atoms with E-state index in [0.29, 0.717) is 12.2 Å². The fourth-order valence-corrected chi connectivity index (χ4v) is 2.69. The van der Waals surface area contributed by atoms with E-state index >= 15 is 0 Å². The standard InChI is InChI=1S/C11H16N2OS/c1-8-7-15-11(13-8)5-10(14)9-3-2-4-12-6-9/h7,9,12H,2-6H2,1H3. The van der Waals surface area contributed by atoms with Crippen LogP contribution in [0.3, 0.4) is 0 Å². The number of hydrogen-bond donors (Lipinski definition) is 1. The molecule has 2 rings (SSSR count). The maximum Gasteiger partial charge on any atom is 0.144 e. The number of carbonyl (C=O) groups excluding carboxylic acids is 1. The summed E-state index contributed by atoms with van der Waals surface area (Å²) in [6.07, 6.45) is 2.67. The van der Waals surface area contributed by atoms with Crippen molar-refractivity contribution in [3.63, 3.8) is 0 Å². The zero-order chi connectivity index (χ0) is 10.7. The monoisotopic (exact) mass is 224 g/mol. The van der Waals surface area contributed by atoms with Crippen LogP contribution in [0.5, 0.6) is 0 Å². The molecule has 1 N–H and O–H groups in total. The molecular weight excluding hydrogens is 208 g/mol. The minimum Gasteiger partial charge on any atom is -0.316 e. The van der Waals surface area contributed by atoms with E-state index in [1.54, 1.807) is 11.3 Å². The summed E-state index contributed by atoms with van der Waals surface area (Å²) in [7, 11) is 0. The van der Waals surface area contributed by atoms with E-state index in [9.17, 15) is 4.79 Å². The van der Waals surface area contributed by atoms with Gasteiger partial charge in [0.2, 0.25) is 0 Å². The molecule has 2 heterocycles. The Hall–Kier alpha value is -0.740. The Kier molecular flexibility index (Phi) is 3.49. The summed E-state index contributed by atoms with van der Waals surface area (Å²) >= 11 is 1.59. The lowest BCUT2D eigenvalue weighted by atomic mass is 9.93. The molecule has 0 saturated carbocycles. The van der Waals surface area contributed by atoms with E-state index in [1.165, 1.54) is 0 Å². The molecule has 1 aliphatic heterocycles. The molecule has 1 aliphatic rings. The Morgan fingerprint density at radius 2 is 2.60 bits per heavy atom. The number of thiazole rings is 1. The van der Waals surface area contributed by atoms with Crippen molar-refractivity contribution in [1.29, 1.82) is 0 Å². The Balaban J connectivity index is 1.91. The second kappa shape index (κ2) is 4.86. The van der Waals surface area contributed by atoms with Crippen LogP contribution >= 0.6 is 11.3 Å². The Bertz CT molecular complexity index is 342. The molecule has 0 aromatic carbocycles. The lowest BCUT2D eigenvalue weighted by molar-refractivity contribution is -0.122. The first-order valence-corrected chi connectivity index (χ1v) is 6.28. The molecule has 4 heteroatoms. The third-order valence-corrected chi connectivity index (χ3v) is 3.71. The molecule has 1 unspecified atom stereocenters. The van der Waals surface area contributed by atoms with Crippen LogP contribution in [0.4, 0.5) is 0 Å². The average Bonchev–Trinajstić information content (AvgIpc) is 2.65. The van der Waals surface area contributed by atoms with Gasteiger partial charge in [0, 0.05) is 23.5 Å². The summed E-state index contributed by atoms with van der Waals surface area (Å²) in [5.41, 5.74) is 1.02. The zero-order valence-corrected chi connectivity index (χ0v) is 9.77.